The van der Waals surface area contributed by atoms with Gasteiger partial charge in [0.15, 0.2) is 0 Å². The molecule has 0 saturated heterocycles. The van der Waals surface area contributed by atoms with E-state index in [0.717, 1.165) is 23.3 Å². The first-order chi connectivity index (χ1) is 13.8. The van der Waals surface area contributed by atoms with E-state index in [1.165, 1.54) is 44.9 Å². The van der Waals surface area contributed by atoms with Crippen LogP contribution in [0.2, 0.25) is 18.6 Å². The summed E-state index contributed by atoms with van der Waals surface area (Å²) >= 11 is -0.556. The Hall–Kier alpha value is 0.951. The molecule has 0 aromatic carbocycles. The van der Waals surface area contributed by atoms with Gasteiger partial charge in [-0.2, -0.15) is 0 Å². The Labute approximate surface area is 211 Å². The van der Waals surface area contributed by atoms with Gasteiger partial charge >= 0.3 is 35.6 Å². The van der Waals surface area contributed by atoms with Crippen molar-refractivity contribution in [2.45, 2.75) is 111 Å². The molecular formula is C26H45Cl2NSiTi-2. The summed E-state index contributed by atoms with van der Waals surface area (Å²) in [7, 11) is 8.11. The molecule has 1 saturated carbocycles. The Morgan fingerprint density at radius 1 is 1.00 bits per heavy atom. The molecule has 0 bridgehead atoms. The Morgan fingerprint density at radius 3 is 2.16 bits per heavy atom. The van der Waals surface area contributed by atoms with E-state index in [0.29, 0.717) is 5.41 Å². The van der Waals surface area contributed by atoms with E-state index in [-0.39, 0.29) is 13.0 Å². The summed E-state index contributed by atoms with van der Waals surface area (Å²) in [6.45, 7) is 19.7. The van der Waals surface area contributed by atoms with E-state index in [9.17, 15) is 0 Å². The van der Waals surface area contributed by atoms with Crippen molar-refractivity contribution in [2.75, 3.05) is 0 Å². The molecule has 0 spiro atoms. The number of fused-ring (bicyclic) bond motifs is 4. The van der Waals surface area contributed by atoms with Gasteiger partial charge in [-0.1, -0.05) is 79.6 Å². The van der Waals surface area contributed by atoms with E-state index in [1.54, 1.807) is 0 Å². The predicted octanol–water partition coefficient (Wildman–Crippen LogP) is 9.83. The molecular weight excluding hydrogens is 473 g/mol. The maximum absolute atomic E-state index is 5.52. The fourth-order valence-electron chi connectivity index (χ4n) is 7.77. The summed E-state index contributed by atoms with van der Waals surface area (Å²) in [5, 5.41) is 0. The third-order valence-electron chi connectivity index (χ3n) is 7.94. The molecule has 0 aromatic rings. The molecule has 0 heterocycles. The van der Waals surface area contributed by atoms with Gasteiger partial charge in [0.1, 0.15) is 0 Å². The van der Waals surface area contributed by atoms with Crippen LogP contribution in [-0.2, 0) is 17.0 Å². The number of hydrogen-bond acceptors (Lipinski definition) is 0. The molecule has 0 N–H and O–H groups in total. The molecule has 1 nitrogen and oxygen atoms in total. The minimum atomic E-state index is -1.67. The van der Waals surface area contributed by atoms with Gasteiger partial charge < -0.3 is 12.4 Å². The first-order valence-corrected chi connectivity index (χ1v) is 19.3. The Balaban J connectivity index is 0.000000808. The molecule has 1 fully saturated rings. The number of rotatable bonds is 2. The van der Waals surface area contributed by atoms with Crippen molar-refractivity contribution in [3.8, 4) is 0 Å². The van der Waals surface area contributed by atoms with E-state index in [2.05, 4.69) is 54.6 Å². The van der Waals surface area contributed by atoms with Crippen LogP contribution in [0.4, 0.5) is 0 Å². The van der Waals surface area contributed by atoms with Crippen molar-refractivity contribution in [2.24, 2.45) is 23.2 Å². The molecule has 4 unspecified atom stereocenters. The normalized spacial score (nSPS) is 31.8. The second kappa shape index (κ2) is 10.3. The van der Waals surface area contributed by atoms with E-state index in [4.69, 9.17) is 23.6 Å². The number of allylic oxidation sites excluding steroid dienone is 4. The number of hydrogen-bond donors (Lipinski definition) is 0. The first-order valence-electron chi connectivity index (χ1n) is 12.0. The second-order valence-electron chi connectivity index (χ2n) is 12.6. The molecule has 4 rings (SSSR count). The van der Waals surface area contributed by atoms with Crippen LogP contribution in [0.15, 0.2) is 22.3 Å². The molecule has 5 heteroatoms. The summed E-state index contributed by atoms with van der Waals surface area (Å²) < 4.78 is 0. The van der Waals surface area contributed by atoms with Gasteiger partial charge in [-0.05, 0) is 79.3 Å². The van der Waals surface area contributed by atoms with Gasteiger partial charge in [0.25, 0.3) is 0 Å². The maximum atomic E-state index is 5.52. The average molecular weight is 519 g/mol. The fraction of sp³-hybridized carbons (Fsp3) is 0.808. The molecule has 31 heavy (non-hydrogen) atoms. The summed E-state index contributed by atoms with van der Waals surface area (Å²) in [5.74, 6) is 2.51. The minimum absolute atomic E-state index is 0. The molecule has 0 aliphatic heterocycles. The molecule has 0 aromatic heterocycles. The van der Waals surface area contributed by atoms with Crippen molar-refractivity contribution in [3.63, 3.8) is 0 Å². The van der Waals surface area contributed by atoms with Crippen molar-refractivity contribution >= 4 is 26.8 Å². The van der Waals surface area contributed by atoms with Crippen molar-refractivity contribution in [3.05, 3.63) is 34.7 Å². The van der Waals surface area contributed by atoms with Crippen molar-refractivity contribution in [1.29, 1.82) is 0 Å². The van der Waals surface area contributed by atoms with Crippen LogP contribution in [0.3, 0.4) is 0 Å². The van der Waals surface area contributed by atoms with Crippen LogP contribution in [0, 0.1) is 30.6 Å². The SMILES string of the molecule is CC1CC2C3=C(CCCC3)C3=C(CC(C)(C)C3)C2C1[Si](C)(C)[N-]C(C)(C)C.[CH3-].[Cl][Ti][Cl]. The summed E-state index contributed by atoms with van der Waals surface area (Å²) in [6, 6.07) is 0. The predicted molar refractivity (Wildman–Crippen MR) is 139 cm³/mol. The molecule has 4 aliphatic carbocycles. The Kier molecular flexibility index (Phi) is 9.36. The second-order valence-corrected chi connectivity index (χ2v) is 19.4. The molecule has 4 atom stereocenters. The number of halogens is 2. The van der Waals surface area contributed by atoms with Crippen LogP contribution < -0.4 is 0 Å². The summed E-state index contributed by atoms with van der Waals surface area (Å²) in [5.41, 5.74) is 8.92. The van der Waals surface area contributed by atoms with E-state index in [1.807, 2.05) is 22.3 Å². The fourth-order valence-corrected chi connectivity index (χ4v) is 12.5. The van der Waals surface area contributed by atoms with Gasteiger partial charge in [-0.25, -0.2) is 0 Å². The average Bonchev–Trinajstić information content (AvgIpc) is 3.10. The van der Waals surface area contributed by atoms with E-state index < -0.39 is 25.3 Å². The van der Waals surface area contributed by atoms with Crippen LogP contribution >= 0.6 is 18.6 Å². The van der Waals surface area contributed by atoms with Gasteiger partial charge in [0, 0.05) is 0 Å². The summed E-state index contributed by atoms with van der Waals surface area (Å²) in [4.78, 5) is 5.52. The monoisotopic (exact) mass is 517 g/mol. The van der Waals surface area contributed by atoms with Gasteiger partial charge in [0.2, 0.25) is 0 Å². The topological polar surface area (TPSA) is 14.1 Å². The standard InChI is InChI=1S/C25H42NSi.CH3.2ClH.Ti/c1-16-13-19-17-11-9-10-12-18(17)20-14-25(5,6)15-21(20)22(19)23(16)27(7,8)26-24(2,3)4;;;;/h16,19,22-23H,9-15H2,1-8H3;1H3;2*1H;/q2*-1;;;+2/p-2. The van der Waals surface area contributed by atoms with Crippen LogP contribution in [0.1, 0.15) is 86.5 Å². The van der Waals surface area contributed by atoms with Crippen molar-refractivity contribution in [1.82, 2.24) is 0 Å². The third kappa shape index (κ3) is 5.96. The van der Waals surface area contributed by atoms with Crippen LogP contribution in [-0.4, -0.2) is 13.8 Å². The molecule has 178 valence electrons. The zero-order valence-electron chi connectivity index (χ0n) is 21.5. The first kappa shape index (κ1) is 28.2. The Morgan fingerprint density at radius 2 is 1.58 bits per heavy atom. The van der Waals surface area contributed by atoms with Gasteiger partial charge in [-0.3, -0.25) is 0 Å². The molecule has 0 radical (unpaired) electrons. The number of nitrogens with zero attached hydrogens (tertiary/aromatic N) is 1. The summed E-state index contributed by atoms with van der Waals surface area (Å²) in [6.07, 6.45) is 9.74. The van der Waals surface area contributed by atoms with Crippen LogP contribution in [0.25, 0.3) is 4.98 Å². The third-order valence-corrected chi connectivity index (χ3v) is 11.7. The molecule has 4 aliphatic rings. The Bertz CT molecular complexity index is 719. The van der Waals surface area contributed by atoms with Crippen LogP contribution in [0.5, 0.6) is 0 Å². The molecule has 0 amide bonds. The van der Waals surface area contributed by atoms with Crippen molar-refractivity contribution < 1.29 is 17.0 Å². The van der Waals surface area contributed by atoms with E-state index >= 15 is 0 Å². The quantitative estimate of drug-likeness (QED) is 0.255. The van der Waals surface area contributed by atoms with Gasteiger partial charge in [0.05, 0.1) is 0 Å². The zero-order chi connectivity index (χ0) is 22.5. The van der Waals surface area contributed by atoms with Gasteiger partial charge in [-0.15, -0.1) is 5.54 Å². The zero-order valence-corrected chi connectivity index (χ0v) is 25.5.